The number of esters is 1. The number of nitrogens with two attached hydrogens (primary N) is 1. The first-order valence-corrected chi connectivity index (χ1v) is 13.7. The van der Waals surface area contributed by atoms with Gasteiger partial charge in [-0.3, -0.25) is 4.57 Å². The third-order valence-electron chi connectivity index (χ3n) is 5.81. The van der Waals surface area contributed by atoms with Crippen LogP contribution in [-0.4, -0.2) is 65.7 Å². The fraction of sp³-hybridized carbons (Fsp3) is 0.458. The van der Waals surface area contributed by atoms with Crippen molar-refractivity contribution in [1.29, 1.82) is 4.78 Å². The molecule has 37 heavy (non-hydrogen) atoms. The lowest BCUT2D eigenvalue weighted by Gasteiger charge is -2.29. The van der Waals surface area contributed by atoms with E-state index in [9.17, 15) is 18.6 Å². The van der Waals surface area contributed by atoms with Crippen molar-refractivity contribution in [2.24, 2.45) is 5.92 Å². The number of carbonyl (C=O) groups is 2. The largest absolute Gasteiger partial charge is 0.464 e. The summed E-state index contributed by atoms with van der Waals surface area (Å²) in [6, 6.07) is 7.25. The van der Waals surface area contributed by atoms with Crippen LogP contribution in [0.25, 0.3) is 11.2 Å². The number of nitrogens with one attached hydrogen (secondary N) is 1. The minimum absolute atomic E-state index is 0.0127. The number of anilines is 1. The monoisotopic (exact) mass is 531 g/mol. The summed E-state index contributed by atoms with van der Waals surface area (Å²) in [5.74, 6) is -1.17. The number of likely N-dealkylation sites (N-methyl/N-ethyl adjacent to an activating group) is 1. The first-order valence-electron chi connectivity index (χ1n) is 12.0. The maximum absolute atomic E-state index is 13.7. The minimum Gasteiger partial charge on any atom is -0.464 e. The van der Waals surface area contributed by atoms with E-state index in [1.54, 1.807) is 52.0 Å². The molecule has 3 rings (SSSR count). The third-order valence-corrected chi connectivity index (χ3v) is 7.57. The molecule has 3 aromatic rings. The van der Waals surface area contributed by atoms with Crippen LogP contribution in [0.4, 0.5) is 10.6 Å². The molecule has 0 aliphatic rings. The number of aromatic nitrogens is 4. The smallest absolute Gasteiger partial charge is 0.339 e. The molecule has 13 heteroatoms. The van der Waals surface area contributed by atoms with E-state index in [-0.39, 0.29) is 47.0 Å². The Hall–Kier alpha value is -3.74. The van der Waals surface area contributed by atoms with E-state index in [2.05, 4.69) is 9.97 Å². The summed E-state index contributed by atoms with van der Waals surface area (Å²) in [4.78, 5) is 49.5. The van der Waals surface area contributed by atoms with Crippen LogP contribution < -0.4 is 11.4 Å². The van der Waals surface area contributed by atoms with Crippen LogP contribution in [0.2, 0.25) is 0 Å². The number of hydrogen-bond acceptors (Lipinski definition) is 9. The summed E-state index contributed by atoms with van der Waals surface area (Å²) < 4.78 is 28.4. The number of fused-ring (bicyclic) bond motifs is 1. The third kappa shape index (κ3) is 5.50. The summed E-state index contributed by atoms with van der Waals surface area (Å²) in [5, 5.41) is -0.300. The van der Waals surface area contributed by atoms with Crippen LogP contribution in [0.5, 0.6) is 0 Å². The van der Waals surface area contributed by atoms with Gasteiger partial charge in [-0.2, -0.15) is 4.98 Å². The molecule has 2 atom stereocenters. The molecule has 200 valence electrons. The van der Waals surface area contributed by atoms with Gasteiger partial charge in [-0.1, -0.05) is 51.1 Å². The predicted molar refractivity (Wildman–Crippen MR) is 140 cm³/mol. The van der Waals surface area contributed by atoms with Crippen molar-refractivity contribution in [3.8, 4) is 0 Å². The van der Waals surface area contributed by atoms with Crippen molar-refractivity contribution in [3.05, 3.63) is 46.4 Å². The number of ether oxygens (including phenoxy) is 1. The number of imidazole rings is 1. The van der Waals surface area contributed by atoms with Gasteiger partial charge >= 0.3 is 17.7 Å². The first-order chi connectivity index (χ1) is 17.4. The van der Waals surface area contributed by atoms with E-state index in [0.29, 0.717) is 6.42 Å². The molecule has 1 amide bonds. The van der Waals surface area contributed by atoms with Gasteiger partial charge in [0.2, 0.25) is 5.16 Å². The van der Waals surface area contributed by atoms with Gasteiger partial charge in [0.05, 0.1) is 13.2 Å². The standard InChI is InChI=1S/C24H33N7O5S/c1-6-13-37(26,35)22-27-19(25)18-20(28-22)30(14-16-11-9-8-10-12-16)24(34)31(18)23(33)29(5)17(15(3)4)21(32)36-7-2/h8-12,15,17,26H,6-7,13-14H2,1-5H3,(H2,25,27,28). The van der Waals surface area contributed by atoms with Gasteiger partial charge < -0.3 is 15.4 Å². The molecule has 2 aromatic heterocycles. The second kappa shape index (κ2) is 11.1. The lowest BCUT2D eigenvalue weighted by molar-refractivity contribution is -0.149. The molecular formula is C24H33N7O5S. The molecule has 0 fully saturated rings. The number of nitrogen functional groups attached to an aromatic ring is 1. The summed E-state index contributed by atoms with van der Waals surface area (Å²) in [6.45, 7) is 7.13. The van der Waals surface area contributed by atoms with Gasteiger partial charge in [-0.15, -0.1) is 0 Å². The van der Waals surface area contributed by atoms with Gasteiger partial charge in [-0.25, -0.2) is 32.9 Å². The molecule has 0 radical (unpaired) electrons. The number of carbonyl (C=O) groups excluding carboxylic acids is 2. The van der Waals surface area contributed by atoms with E-state index in [1.165, 1.54) is 11.6 Å². The van der Waals surface area contributed by atoms with Gasteiger partial charge in [0.1, 0.15) is 21.3 Å². The Bertz CT molecular complexity index is 1460. The normalized spacial score (nSPS) is 13.9. The SMILES string of the molecule is CCCS(=N)(=O)c1nc(N)c2c(n1)n(Cc1ccccc1)c(=O)n2C(=O)N(C)C(C(=O)OCC)C(C)C. The van der Waals surface area contributed by atoms with Crippen molar-refractivity contribution in [1.82, 2.24) is 24.0 Å². The summed E-state index contributed by atoms with van der Waals surface area (Å²) >= 11 is 0. The summed E-state index contributed by atoms with van der Waals surface area (Å²) in [5.41, 5.74) is 6.09. The Labute approximate surface area is 215 Å². The average molecular weight is 532 g/mol. The summed E-state index contributed by atoms with van der Waals surface area (Å²) in [7, 11) is -1.98. The maximum Gasteiger partial charge on any atom is 0.339 e. The molecule has 0 spiro atoms. The number of rotatable bonds is 9. The van der Waals surface area contributed by atoms with E-state index >= 15 is 0 Å². The van der Waals surface area contributed by atoms with Crippen molar-refractivity contribution in [2.45, 2.75) is 51.9 Å². The average Bonchev–Trinajstić information content (AvgIpc) is 3.11. The van der Waals surface area contributed by atoms with Crippen LogP contribution >= 0.6 is 0 Å². The summed E-state index contributed by atoms with van der Waals surface area (Å²) in [6.07, 6.45) is 0.454. The fourth-order valence-electron chi connectivity index (χ4n) is 4.14. The molecule has 2 heterocycles. The van der Waals surface area contributed by atoms with E-state index in [0.717, 1.165) is 15.0 Å². The van der Waals surface area contributed by atoms with Crippen LogP contribution in [0.3, 0.4) is 0 Å². The topological polar surface area (TPSA) is 166 Å². The van der Waals surface area contributed by atoms with E-state index in [1.807, 2.05) is 6.07 Å². The van der Waals surface area contributed by atoms with Crippen LogP contribution in [0, 0.1) is 10.7 Å². The van der Waals surface area contributed by atoms with Crippen LogP contribution in [0.15, 0.2) is 40.3 Å². The van der Waals surface area contributed by atoms with Gasteiger partial charge in [-0.05, 0) is 24.8 Å². The number of amides is 1. The zero-order valence-electron chi connectivity index (χ0n) is 21.6. The Morgan fingerprint density at radius 2 is 1.84 bits per heavy atom. The molecule has 3 N–H and O–H groups in total. The second-order valence-electron chi connectivity index (χ2n) is 8.97. The first kappa shape index (κ1) is 27.8. The molecule has 0 bridgehead atoms. The molecule has 1 aromatic carbocycles. The number of nitrogens with zero attached hydrogens (tertiary/aromatic N) is 5. The quantitative estimate of drug-likeness (QED) is 0.314. The molecule has 0 aliphatic carbocycles. The van der Waals surface area contributed by atoms with Gasteiger partial charge in [0, 0.05) is 12.8 Å². The Morgan fingerprint density at radius 3 is 2.41 bits per heavy atom. The van der Waals surface area contributed by atoms with Crippen LogP contribution in [-0.2, 0) is 25.8 Å². The highest BCUT2D eigenvalue weighted by molar-refractivity contribution is 7.92. The highest BCUT2D eigenvalue weighted by atomic mass is 32.2. The van der Waals surface area contributed by atoms with E-state index in [4.69, 9.17) is 15.3 Å². The highest BCUT2D eigenvalue weighted by Crippen LogP contribution is 2.23. The van der Waals surface area contributed by atoms with Gasteiger partial charge in [0.15, 0.2) is 11.5 Å². The maximum atomic E-state index is 13.7. The molecule has 0 saturated heterocycles. The second-order valence-corrected chi connectivity index (χ2v) is 11.1. The van der Waals surface area contributed by atoms with Crippen molar-refractivity contribution in [3.63, 3.8) is 0 Å². The lowest BCUT2D eigenvalue weighted by atomic mass is 10.0. The Balaban J connectivity index is 2.28. The van der Waals surface area contributed by atoms with E-state index < -0.39 is 33.5 Å². The van der Waals surface area contributed by atoms with Crippen molar-refractivity contribution in [2.75, 3.05) is 25.1 Å². The Kier molecular flexibility index (Phi) is 8.36. The highest BCUT2D eigenvalue weighted by Gasteiger charge is 2.35. The van der Waals surface area contributed by atoms with Crippen molar-refractivity contribution >= 4 is 38.7 Å². The zero-order chi connectivity index (χ0) is 27.5. The lowest BCUT2D eigenvalue weighted by Crippen LogP contribution is -2.50. The minimum atomic E-state index is -3.38. The molecular weight excluding hydrogens is 498 g/mol. The Morgan fingerprint density at radius 1 is 1.19 bits per heavy atom. The van der Waals surface area contributed by atoms with Crippen molar-refractivity contribution < 1.29 is 18.5 Å². The molecule has 12 nitrogen and oxygen atoms in total. The number of hydrogen-bond donors (Lipinski definition) is 2. The number of benzene rings is 1. The molecule has 0 saturated carbocycles. The van der Waals surface area contributed by atoms with Crippen LogP contribution in [0.1, 0.15) is 39.7 Å². The predicted octanol–water partition coefficient (Wildman–Crippen LogP) is 2.53. The zero-order valence-corrected chi connectivity index (χ0v) is 22.4. The van der Waals surface area contributed by atoms with Gasteiger partial charge in [0.25, 0.3) is 0 Å². The molecule has 0 aliphatic heterocycles. The fourth-order valence-corrected chi connectivity index (χ4v) is 5.38. The molecule has 2 unspecified atom stereocenters.